The second-order valence-corrected chi connectivity index (χ2v) is 6.25. The lowest BCUT2D eigenvalue weighted by atomic mass is 10.1. The highest BCUT2D eigenvalue weighted by Crippen LogP contribution is 2.30. The van der Waals surface area contributed by atoms with Gasteiger partial charge in [0.25, 0.3) is 0 Å². The summed E-state index contributed by atoms with van der Waals surface area (Å²) in [5.41, 5.74) is 2.18. The van der Waals surface area contributed by atoms with E-state index in [1.54, 1.807) is 24.3 Å². The fourth-order valence-electron chi connectivity index (χ4n) is 2.93. The standard InChI is InChI=1S/C22H18N2O4/c25-21(10-8-16-4-3-13-27-16)23-12-11-22(26)24-15-7-9-18-17-5-1-2-6-19(17)28-20(18)14-15/h1-10,13-14H,11-12H2,(H,23,25)(H,24,26)/b10-8+. The maximum atomic E-state index is 12.1. The third kappa shape index (κ3) is 3.96. The zero-order valence-electron chi connectivity index (χ0n) is 15.0. The fraction of sp³-hybridized carbons (Fsp3) is 0.0909. The number of hydrogen-bond donors (Lipinski definition) is 2. The van der Waals surface area contributed by atoms with Crippen LogP contribution in [0.5, 0.6) is 0 Å². The van der Waals surface area contributed by atoms with Crippen molar-refractivity contribution < 1.29 is 18.4 Å². The molecule has 0 saturated heterocycles. The van der Waals surface area contributed by atoms with Gasteiger partial charge in [0.2, 0.25) is 11.8 Å². The quantitative estimate of drug-likeness (QED) is 0.492. The van der Waals surface area contributed by atoms with E-state index in [0.717, 1.165) is 21.9 Å². The van der Waals surface area contributed by atoms with E-state index >= 15 is 0 Å². The average molecular weight is 374 g/mol. The number of hydrogen-bond acceptors (Lipinski definition) is 4. The Balaban J connectivity index is 1.31. The van der Waals surface area contributed by atoms with Crippen molar-refractivity contribution in [3.63, 3.8) is 0 Å². The molecular formula is C22H18N2O4. The summed E-state index contributed by atoms with van der Waals surface area (Å²) in [4.78, 5) is 23.8. The number of benzene rings is 2. The van der Waals surface area contributed by atoms with Crippen molar-refractivity contribution in [1.82, 2.24) is 5.32 Å². The highest BCUT2D eigenvalue weighted by atomic mass is 16.3. The van der Waals surface area contributed by atoms with Gasteiger partial charge in [0, 0.05) is 41.6 Å². The first-order chi connectivity index (χ1) is 13.7. The monoisotopic (exact) mass is 374 g/mol. The van der Waals surface area contributed by atoms with Crippen LogP contribution in [0, 0.1) is 0 Å². The third-order valence-electron chi connectivity index (χ3n) is 4.26. The van der Waals surface area contributed by atoms with Crippen LogP contribution in [0.15, 0.2) is 75.8 Å². The number of carbonyl (C=O) groups excluding carboxylic acids is 2. The molecule has 0 aliphatic carbocycles. The van der Waals surface area contributed by atoms with Gasteiger partial charge in [0.15, 0.2) is 0 Å². The molecule has 0 bridgehead atoms. The van der Waals surface area contributed by atoms with Crippen LogP contribution < -0.4 is 10.6 Å². The molecule has 140 valence electrons. The zero-order valence-corrected chi connectivity index (χ0v) is 15.0. The van der Waals surface area contributed by atoms with Crippen molar-refractivity contribution in [3.8, 4) is 0 Å². The molecule has 2 aromatic carbocycles. The molecule has 0 aliphatic rings. The lowest BCUT2D eigenvalue weighted by molar-refractivity contribution is -0.117. The Bertz CT molecular complexity index is 1160. The van der Waals surface area contributed by atoms with Gasteiger partial charge in [-0.15, -0.1) is 0 Å². The zero-order chi connectivity index (χ0) is 19.3. The number of anilines is 1. The van der Waals surface area contributed by atoms with Crippen LogP contribution in [0.3, 0.4) is 0 Å². The maximum absolute atomic E-state index is 12.1. The van der Waals surface area contributed by atoms with Gasteiger partial charge >= 0.3 is 0 Å². The third-order valence-corrected chi connectivity index (χ3v) is 4.26. The summed E-state index contributed by atoms with van der Waals surface area (Å²) in [6.45, 7) is 0.236. The SMILES string of the molecule is O=C(/C=C/c1ccco1)NCCC(=O)Nc1ccc2c(c1)oc1ccccc12. The van der Waals surface area contributed by atoms with Gasteiger partial charge in [-0.2, -0.15) is 0 Å². The van der Waals surface area contributed by atoms with Crippen molar-refractivity contribution in [2.45, 2.75) is 6.42 Å². The minimum atomic E-state index is -0.284. The van der Waals surface area contributed by atoms with Crippen molar-refractivity contribution in [1.29, 1.82) is 0 Å². The summed E-state index contributed by atoms with van der Waals surface area (Å²) in [5, 5.41) is 7.53. The minimum absolute atomic E-state index is 0.165. The Morgan fingerprint density at radius 2 is 1.82 bits per heavy atom. The van der Waals surface area contributed by atoms with Crippen LogP contribution in [-0.2, 0) is 9.59 Å². The number of fused-ring (bicyclic) bond motifs is 3. The number of para-hydroxylation sites is 1. The Hall–Kier alpha value is -3.80. The number of nitrogens with one attached hydrogen (secondary N) is 2. The van der Waals surface area contributed by atoms with Gasteiger partial charge in [-0.25, -0.2) is 0 Å². The topological polar surface area (TPSA) is 84.5 Å². The first kappa shape index (κ1) is 17.6. The molecule has 2 aromatic heterocycles. The van der Waals surface area contributed by atoms with Crippen molar-refractivity contribution in [2.24, 2.45) is 0 Å². The van der Waals surface area contributed by atoms with Gasteiger partial charge in [-0.1, -0.05) is 18.2 Å². The molecule has 0 fully saturated rings. The molecular weight excluding hydrogens is 356 g/mol. The van der Waals surface area contributed by atoms with Crippen LogP contribution in [-0.4, -0.2) is 18.4 Å². The Morgan fingerprint density at radius 1 is 0.964 bits per heavy atom. The molecule has 2 heterocycles. The first-order valence-electron chi connectivity index (χ1n) is 8.89. The molecule has 0 saturated carbocycles. The number of furan rings is 2. The van der Waals surface area contributed by atoms with E-state index in [4.69, 9.17) is 8.83 Å². The molecule has 0 unspecified atom stereocenters. The second-order valence-electron chi connectivity index (χ2n) is 6.25. The molecule has 2 amide bonds. The van der Waals surface area contributed by atoms with Crippen molar-refractivity contribution in [3.05, 3.63) is 72.7 Å². The smallest absolute Gasteiger partial charge is 0.244 e. The lowest BCUT2D eigenvalue weighted by Gasteiger charge is -2.05. The van der Waals surface area contributed by atoms with Gasteiger partial charge in [-0.3, -0.25) is 9.59 Å². The number of carbonyl (C=O) groups is 2. The van der Waals surface area contributed by atoms with E-state index in [0.29, 0.717) is 11.4 Å². The molecule has 0 aliphatic heterocycles. The Kier molecular flexibility index (Phi) is 4.93. The van der Waals surface area contributed by atoms with Gasteiger partial charge < -0.3 is 19.5 Å². The largest absolute Gasteiger partial charge is 0.465 e. The van der Waals surface area contributed by atoms with E-state index < -0.39 is 0 Å². The normalized spacial score (nSPS) is 11.3. The van der Waals surface area contributed by atoms with E-state index in [-0.39, 0.29) is 24.8 Å². The van der Waals surface area contributed by atoms with E-state index in [2.05, 4.69) is 10.6 Å². The molecule has 0 atom stereocenters. The molecule has 6 nitrogen and oxygen atoms in total. The predicted octanol–water partition coefficient (Wildman–Crippen LogP) is 4.34. The van der Waals surface area contributed by atoms with E-state index in [1.807, 2.05) is 36.4 Å². The summed E-state index contributed by atoms with van der Waals surface area (Å²) in [7, 11) is 0. The summed E-state index contributed by atoms with van der Waals surface area (Å²) >= 11 is 0. The molecule has 4 rings (SSSR count). The minimum Gasteiger partial charge on any atom is -0.465 e. The predicted molar refractivity (Wildman–Crippen MR) is 108 cm³/mol. The van der Waals surface area contributed by atoms with E-state index in [1.165, 1.54) is 12.3 Å². The molecule has 0 radical (unpaired) electrons. The van der Waals surface area contributed by atoms with Crippen molar-refractivity contribution >= 4 is 45.5 Å². The summed E-state index contributed by atoms with van der Waals surface area (Å²) in [5.74, 6) is 0.118. The highest BCUT2D eigenvalue weighted by molar-refractivity contribution is 6.06. The summed E-state index contributed by atoms with van der Waals surface area (Å²) in [6.07, 6.45) is 4.63. The molecule has 0 spiro atoms. The van der Waals surface area contributed by atoms with Crippen LogP contribution in [0.2, 0.25) is 0 Å². The fourth-order valence-corrected chi connectivity index (χ4v) is 2.93. The van der Waals surface area contributed by atoms with Crippen LogP contribution in [0.1, 0.15) is 12.2 Å². The Labute approximate surface area is 160 Å². The first-order valence-corrected chi connectivity index (χ1v) is 8.89. The highest BCUT2D eigenvalue weighted by Gasteiger charge is 2.09. The molecule has 2 N–H and O–H groups in total. The maximum Gasteiger partial charge on any atom is 0.244 e. The van der Waals surface area contributed by atoms with Crippen LogP contribution in [0.4, 0.5) is 5.69 Å². The molecule has 4 aromatic rings. The van der Waals surface area contributed by atoms with Crippen molar-refractivity contribution in [2.75, 3.05) is 11.9 Å². The Morgan fingerprint density at radius 3 is 2.68 bits per heavy atom. The van der Waals surface area contributed by atoms with E-state index in [9.17, 15) is 9.59 Å². The van der Waals surface area contributed by atoms with Crippen LogP contribution >= 0.6 is 0 Å². The number of amides is 2. The van der Waals surface area contributed by atoms with Gasteiger partial charge in [0.05, 0.1) is 6.26 Å². The lowest BCUT2D eigenvalue weighted by Crippen LogP contribution is -2.26. The van der Waals surface area contributed by atoms with Gasteiger partial charge in [0.1, 0.15) is 16.9 Å². The second kappa shape index (κ2) is 7.84. The molecule has 28 heavy (non-hydrogen) atoms. The molecule has 6 heteroatoms. The number of rotatable bonds is 6. The van der Waals surface area contributed by atoms with Crippen LogP contribution in [0.25, 0.3) is 28.0 Å². The average Bonchev–Trinajstić information content (AvgIpc) is 3.33. The summed E-state index contributed by atoms with van der Waals surface area (Å²) in [6, 6.07) is 16.9. The van der Waals surface area contributed by atoms with Gasteiger partial charge in [-0.05, 0) is 36.4 Å². The summed E-state index contributed by atoms with van der Waals surface area (Å²) < 4.78 is 10.9.